The zero-order chi connectivity index (χ0) is 6.27. The molecule has 0 amide bonds. The zero-order valence-electron chi connectivity index (χ0n) is 5.93. The Bertz CT molecular complexity index is 149. The molecule has 1 saturated carbocycles. The molecular weight excluding hydrogens is 110 g/mol. The fourth-order valence-electron chi connectivity index (χ4n) is 1.65. The Hall–Kier alpha value is -0.330. The van der Waals surface area contributed by atoms with Gasteiger partial charge in [0.25, 0.3) is 0 Å². The normalized spacial score (nSPS) is 40.8. The summed E-state index contributed by atoms with van der Waals surface area (Å²) < 4.78 is 0. The predicted octanol–water partition coefficient (Wildman–Crippen LogP) is 1.88. The molecule has 2 atom stereocenters. The summed E-state index contributed by atoms with van der Waals surface area (Å²) in [5.41, 5.74) is 1.53. The average molecular weight is 123 g/mol. The maximum absolute atomic E-state index is 4.46. The molecule has 1 nitrogen and oxygen atoms in total. The van der Waals surface area contributed by atoms with E-state index in [0.29, 0.717) is 0 Å². The molecule has 50 valence electrons. The molecule has 2 rings (SSSR count). The van der Waals surface area contributed by atoms with Crippen LogP contribution in [-0.2, 0) is 0 Å². The van der Waals surface area contributed by atoms with Crippen LogP contribution in [0.4, 0.5) is 0 Å². The molecule has 9 heavy (non-hydrogen) atoms. The lowest BCUT2D eigenvalue weighted by Gasteiger charge is -1.92. The molecule has 0 aromatic heterocycles. The molecule has 0 spiro atoms. The van der Waals surface area contributed by atoms with Crippen LogP contribution in [-0.4, -0.2) is 12.3 Å². The Morgan fingerprint density at radius 3 is 2.78 bits per heavy atom. The number of rotatable bonds is 1. The monoisotopic (exact) mass is 123 g/mol. The molecule has 0 aromatic carbocycles. The Balaban J connectivity index is 1.98. The summed E-state index contributed by atoms with van der Waals surface area (Å²) in [4.78, 5) is 4.46. The minimum atomic E-state index is 0.910. The van der Waals surface area contributed by atoms with E-state index in [1.54, 1.807) is 0 Å². The van der Waals surface area contributed by atoms with Crippen LogP contribution in [0, 0.1) is 11.8 Å². The molecule has 0 radical (unpaired) electrons. The van der Waals surface area contributed by atoms with Crippen molar-refractivity contribution in [3.8, 4) is 0 Å². The maximum atomic E-state index is 4.46. The summed E-state index contributed by atoms with van der Waals surface area (Å²) in [5, 5.41) is 0. The first kappa shape index (κ1) is 5.45. The minimum absolute atomic E-state index is 0.910. The van der Waals surface area contributed by atoms with Crippen molar-refractivity contribution < 1.29 is 0 Å². The van der Waals surface area contributed by atoms with Crippen LogP contribution in [0.1, 0.15) is 26.2 Å². The third-order valence-corrected chi connectivity index (χ3v) is 2.44. The van der Waals surface area contributed by atoms with E-state index < -0.39 is 0 Å². The van der Waals surface area contributed by atoms with E-state index in [1.807, 2.05) is 0 Å². The molecule has 1 aliphatic carbocycles. The number of hydrogen-bond acceptors (Lipinski definition) is 1. The Labute approximate surface area is 56.2 Å². The maximum Gasteiger partial charge on any atom is 0.0392 e. The van der Waals surface area contributed by atoms with Gasteiger partial charge < -0.3 is 0 Å². The molecule has 2 unspecified atom stereocenters. The van der Waals surface area contributed by atoms with Gasteiger partial charge >= 0.3 is 0 Å². The summed E-state index contributed by atoms with van der Waals surface area (Å²) in [7, 11) is 0. The fraction of sp³-hybridized carbons (Fsp3) is 0.875. The second kappa shape index (κ2) is 1.83. The summed E-state index contributed by atoms with van der Waals surface area (Å²) in [6, 6.07) is 0. The van der Waals surface area contributed by atoms with E-state index in [1.165, 1.54) is 25.0 Å². The first-order valence-electron chi connectivity index (χ1n) is 3.91. The van der Waals surface area contributed by atoms with Crippen molar-refractivity contribution in [3.63, 3.8) is 0 Å². The molecule has 1 heterocycles. The predicted molar refractivity (Wildman–Crippen MR) is 38.8 cm³/mol. The van der Waals surface area contributed by atoms with E-state index in [9.17, 15) is 0 Å². The van der Waals surface area contributed by atoms with E-state index in [-0.39, 0.29) is 0 Å². The van der Waals surface area contributed by atoms with Crippen molar-refractivity contribution in [2.45, 2.75) is 26.2 Å². The zero-order valence-corrected chi connectivity index (χ0v) is 5.93. The van der Waals surface area contributed by atoms with Crippen molar-refractivity contribution >= 4 is 5.71 Å². The molecule has 0 N–H and O–H groups in total. The summed E-state index contributed by atoms with van der Waals surface area (Å²) >= 11 is 0. The molecule has 1 aliphatic heterocycles. The van der Waals surface area contributed by atoms with Crippen LogP contribution in [0.3, 0.4) is 0 Å². The molecule has 1 fully saturated rings. The molecule has 2 aliphatic rings. The highest BCUT2D eigenvalue weighted by molar-refractivity contribution is 5.90. The number of aliphatic imine (C=N–C) groups is 1. The van der Waals surface area contributed by atoms with Gasteiger partial charge in [-0.1, -0.05) is 6.92 Å². The lowest BCUT2D eigenvalue weighted by Crippen LogP contribution is -1.96. The van der Waals surface area contributed by atoms with E-state index >= 15 is 0 Å². The van der Waals surface area contributed by atoms with Crippen LogP contribution < -0.4 is 0 Å². The van der Waals surface area contributed by atoms with Gasteiger partial charge in [0.15, 0.2) is 0 Å². The van der Waals surface area contributed by atoms with Gasteiger partial charge in [0, 0.05) is 12.3 Å². The molecule has 1 heteroatoms. The van der Waals surface area contributed by atoms with Gasteiger partial charge in [-0.25, -0.2) is 0 Å². The fourth-order valence-corrected chi connectivity index (χ4v) is 1.65. The Kier molecular flexibility index (Phi) is 1.11. The van der Waals surface area contributed by atoms with Crippen molar-refractivity contribution in [1.29, 1.82) is 0 Å². The van der Waals surface area contributed by atoms with Crippen LogP contribution in [0.25, 0.3) is 0 Å². The standard InChI is InChI=1S/C8H13N/c1-6-5-7(6)8-3-2-4-9-8/h6-7H,2-5H2,1H3. The van der Waals surface area contributed by atoms with Gasteiger partial charge in [0.2, 0.25) is 0 Å². The SMILES string of the molecule is CC1CC1C1=NCCC1. The van der Waals surface area contributed by atoms with Crippen molar-refractivity contribution in [2.24, 2.45) is 16.8 Å². The average Bonchev–Trinajstić information content (AvgIpc) is 2.44. The second-order valence-corrected chi connectivity index (χ2v) is 3.30. The summed E-state index contributed by atoms with van der Waals surface area (Å²) in [6.07, 6.45) is 4.03. The highest BCUT2D eigenvalue weighted by Gasteiger charge is 2.37. The highest BCUT2D eigenvalue weighted by atomic mass is 14.8. The van der Waals surface area contributed by atoms with E-state index in [2.05, 4.69) is 11.9 Å². The largest absolute Gasteiger partial charge is 0.294 e. The summed E-state index contributed by atoms with van der Waals surface area (Å²) in [5.74, 6) is 1.87. The van der Waals surface area contributed by atoms with Crippen LogP contribution in [0.2, 0.25) is 0 Å². The smallest absolute Gasteiger partial charge is 0.0392 e. The Morgan fingerprint density at radius 1 is 1.56 bits per heavy atom. The van der Waals surface area contributed by atoms with E-state index in [0.717, 1.165) is 18.4 Å². The van der Waals surface area contributed by atoms with Crippen LogP contribution in [0.15, 0.2) is 4.99 Å². The lowest BCUT2D eigenvalue weighted by atomic mass is 10.1. The first-order chi connectivity index (χ1) is 4.38. The Morgan fingerprint density at radius 2 is 2.33 bits per heavy atom. The van der Waals surface area contributed by atoms with Gasteiger partial charge in [0.05, 0.1) is 0 Å². The molecule has 0 bridgehead atoms. The topological polar surface area (TPSA) is 12.4 Å². The lowest BCUT2D eigenvalue weighted by molar-refractivity contribution is 0.906. The van der Waals surface area contributed by atoms with E-state index in [4.69, 9.17) is 0 Å². The third-order valence-electron chi connectivity index (χ3n) is 2.44. The van der Waals surface area contributed by atoms with Gasteiger partial charge in [-0.15, -0.1) is 0 Å². The second-order valence-electron chi connectivity index (χ2n) is 3.30. The van der Waals surface area contributed by atoms with Gasteiger partial charge in [-0.2, -0.15) is 0 Å². The quantitative estimate of drug-likeness (QED) is 0.505. The third kappa shape index (κ3) is 0.887. The highest BCUT2D eigenvalue weighted by Crippen LogP contribution is 2.41. The minimum Gasteiger partial charge on any atom is -0.294 e. The number of nitrogens with zero attached hydrogens (tertiary/aromatic N) is 1. The van der Waals surface area contributed by atoms with Crippen molar-refractivity contribution in [3.05, 3.63) is 0 Å². The van der Waals surface area contributed by atoms with Crippen LogP contribution in [0.5, 0.6) is 0 Å². The van der Waals surface area contributed by atoms with Gasteiger partial charge in [0.1, 0.15) is 0 Å². The van der Waals surface area contributed by atoms with Crippen molar-refractivity contribution in [2.75, 3.05) is 6.54 Å². The molecule has 0 aromatic rings. The molecule has 0 saturated heterocycles. The number of hydrogen-bond donors (Lipinski definition) is 0. The van der Waals surface area contributed by atoms with Crippen molar-refractivity contribution in [1.82, 2.24) is 0 Å². The van der Waals surface area contributed by atoms with Gasteiger partial charge in [-0.3, -0.25) is 4.99 Å². The first-order valence-corrected chi connectivity index (χ1v) is 3.91. The van der Waals surface area contributed by atoms with Gasteiger partial charge in [-0.05, 0) is 31.1 Å². The van der Waals surface area contributed by atoms with Crippen LogP contribution >= 0.6 is 0 Å². The molecular formula is C8H13N. The summed E-state index contributed by atoms with van der Waals surface area (Å²) in [6.45, 7) is 3.43.